The molecule has 3 unspecified atom stereocenters. The van der Waals surface area contributed by atoms with Crippen LogP contribution in [-0.2, 0) is 14.3 Å². The summed E-state index contributed by atoms with van der Waals surface area (Å²) >= 11 is 0.939. The molecule has 4 rings (SSSR count). The molecule has 0 bridgehead atoms. The molecule has 17 heteroatoms. The molecule has 2 fully saturated rings. The van der Waals surface area contributed by atoms with Crippen LogP contribution in [0, 0.1) is 11.5 Å². The molecule has 1 aromatic carbocycles. The van der Waals surface area contributed by atoms with Crippen LogP contribution in [0.15, 0.2) is 40.9 Å². The van der Waals surface area contributed by atoms with Gasteiger partial charge in [-0.25, -0.2) is 8.78 Å². The number of nitrogens with one attached hydrogen (secondary N) is 1. The van der Waals surface area contributed by atoms with Crippen molar-refractivity contribution in [2.75, 3.05) is 18.6 Å². The van der Waals surface area contributed by atoms with Gasteiger partial charge in [-0.2, -0.15) is 5.26 Å². The quantitative estimate of drug-likeness (QED) is 0.278. The van der Waals surface area contributed by atoms with E-state index in [0.717, 1.165) is 21.1 Å². The number of alkyl halides is 2. The molecule has 3 atom stereocenters. The predicted molar refractivity (Wildman–Crippen MR) is 137 cm³/mol. The third kappa shape index (κ3) is 7.04. The SMILES string of the molecule is COC1CC(C(=O)N(c2ccc(S(F)(F)(F)(F)F)cc2)C(C(=O)NC2CCC(F)(F)CC2)c2cncs2)N(C#N)C1. The average molecular weight is 630 g/mol. The first-order valence-electron chi connectivity index (χ1n) is 12.4. The van der Waals surface area contributed by atoms with Gasteiger partial charge in [-0.05, 0) is 37.1 Å². The van der Waals surface area contributed by atoms with Gasteiger partial charge in [0.25, 0.3) is 5.91 Å². The van der Waals surface area contributed by atoms with Gasteiger partial charge in [-0.3, -0.25) is 24.4 Å². The highest BCUT2D eigenvalue weighted by atomic mass is 32.5. The second-order valence-corrected chi connectivity index (χ2v) is 13.3. The lowest BCUT2D eigenvalue weighted by atomic mass is 9.92. The highest BCUT2D eigenvalue weighted by Gasteiger charge is 2.65. The lowest BCUT2D eigenvalue weighted by Crippen LogP contribution is -2.52. The molecule has 41 heavy (non-hydrogen) atoms. The minimum atomic E-state index is -10.1. The molecular weight excluding hydrogens is 603 g/mol. The number of hydrogen-bond acceptors (Lipinski definition) is 7. The Kier molecular flexibility index (Phi) is 7.76. The van der Waals surface area contributed by atoms with Crippen molar-refractivity contribution in [2.24, 2.45) is 0 Å². The molecule has 1 aliphatic heterocycles. The van der Waals surface area contributed by atoms with Crippen LogP contribution in [0.5, 0.6) is 0 Å². The molecule has 2 aliphatic rings. The number of hydrogen-bond donors (Lipinski definition) is 1. The summed E-state index contributed by atoms with van der Waals surface area (Å²) in [5.41, 5.74) is 1.01. The van der Waals surface area contributed by atoms with E-state index in [4.69, 9.17) is 4.74 Å². The monoisotopic (exact) mass is 629 g/mol. The van der Waals surface area contributed by atoms with Gasteiger partial charge < -0.3 is 10.1 Å². The number of methoxy groups -OCH3 is 1. The van der Waals surface area contributed by atoms with Crippen LogP contribution in [0.2, 0.25) is 0 Å². The van der Waals surface area contributed by atoms with Crippen molar-refractivity contribution in [3.63, 3.8) is 0 Å². The second-order valence-electron chi connectivity index (χ2n) is 9.98. The molecule has 2 heterocycles. The Hall–Kier alpha value is -3.10. The van der Waals surface area contributed by atoms with Gasteiger partial charge >= 0.3 is 10.2 Å². The van der Waals surface area contributed by atoms with E-state index in [-0.39, 0.29) is 48.5 Å². The van der Waals surface area contributed by atoms with Gasteiger partial charge in [0.2, 0.25) is 11.8 Å². The molecule has 0 spiro atoms. The van der Waals surface area contributed by atoms with Gasteiger partial charge in [0, 0.05) is 44.3 Å². The Bertz CT molecular complexity index is 1310. The summed E-state index contributed by atoms with van der Waals surface area (Å²) in [5, 5.41) is 12.3. The lowest BCUT2D eigenvalue weighted by molar-refractivity contribution is -0.129. The third-order valence-corrected chi connectivity index (χ3v) is 9.09. The van der Waals surface area contributed by atoms with Crippen molar-refractivity contribution in [1.82, 2.24) is 15.2 Å². The van der Waals surface area contributed by atoms with Crippen molar-refractivity contribution in [2.45, 2.75) is 67.2 Å². The molecule has 1 aliphatic carbocycles. The van der Waals surface area contributed by atoms with E-state index in [2.05, 4.69) is 10.3 Å². The number of amides is 2. The zero-order chi connectivity index (χ0) is 30.3. The third-order valence-electron chi connectivity index (χ3n) is 7.10. The van der Waals surface area contributed by atoms with Crippen LogP contribution in [0.1, 0.15) is 43.0 Å². The van der Waals surface area contributed by atoms with E-state index in [0.29, 0.717) is 12.1 Å². The van der Waals surface area contributed by atoms with E-state index < -0.39 is 69.9 Å². The average Bonchev–Trinajstić information content (AvgIpc) is 3.57. The summed E-state index contributed by atoms with van der Waals surface area (Å²) in [4.78, 5) is 31.5. The largest absolute Gasteiger partial charge is 0.379 e. The van der Waals surface area contributed by atoms with Crippen LogP contribution in [0.3, 0.4) is 0 Å². The topological polar surface area (TPSA) is 98.6 Å². The molecule has 1 aromatic heterocycles. The Morgan fingerprint density at radius 3 is 2.34 bits per heavy atom. The molecule has 2 aromatic rings. The second kappa shape index (κ2) is 10.3. The molecule has 1 saturated heterocycles. The lowest BCUT2D eigenvalue weighted by Gasteiger charge is -2.41. The molecule has 2 amide bonds. The van der Waals surface area contributed by atoms with Crippen molar-refractivity contribution >= 4 is 39.1 Å². The molecule has 1 saturated carbocycles. The minimum absolute atomic E-state index is 0.00231. The Labute approximate surface area is 234 Å². The van der Waals surface area contributed by atoms with E-state index in [1.165, 1.54) is 18.8 Å². The van der Waals surface area contributed by atoms with Crippen LogP contribution in [0.25, 0.3) is 0 Å². The number of rotatable bonds is 8. The first-order valence-corrected chi connectivity index (χ1v) is 15.2. The van der Waals surface area contributed by atoms with Crippen molar-refractivity contribution in [3.8, 4) is 6.19 Å². The van der Waals surface area contributed by atoms with Crippen LogP contribution in [-0.4, -0.2) is 59.5 Å². The fourth-order valence-corrected chi connectivity index (χ4v) is 6.30. The van der Waals surface area contributed by atoms with Crippen molar-refractivity contribution in [1.29, 1.82) is 5.26 Å². The van der Waals surface area contributed by atoms with E-state index in [1.54, 1.807) is 0 Å². The number of anilines is 1. The maximum Gasteiger partial charge on any atom is 0.310 e. The van der Waals surface area contributed by atoms with Gasteiger partial charge in [-0.1, -0.05) is 19.4 Å². The number of carbonyl (C=O) groups excluding carboxylic acids is 2. The maximum absolute atomic E-state index is 14.0. The zero-order valence-corrected chi connectivity index (χ0v) is 23.1. The first-order chi connectivity index (χ1) is 18.9. The van der Waals surface area contributed by atoms with Crippen LogP contribution in [0.4, 0.5) is 33.9 Å². The number of thiazole rings is 1. The predicted octanol–water partition coefficient (Wildman–Crippen LogP) is 6.14. The molecule has 8 nitrogen and oxygen atoms in total. The van der Waals surface area contributed by atoms with Crippen LogP contribution < -0.4 is 10.2 Å². The number of nitrogens with zero attached hydrogens (tertiary/aromatic N) is 4. The van der Waals surface area contributed by atoms with E-state index >= 15 is 0 Å². The number of likely N-dealkylation sites (tertiary alicyclic amines) is 1. The van der Waals surface area contributed by atoms with Crippen LogP contribution >= 0.6 is 21.6 Å². The van der Waals surface area contributed by atoms with Crippen molar-refractivity contribution in [3.05, 3.63) is 40.8 Å². The number of aromatic nitrogens is 1. The highest BCUT2D eigenvalue weighted by Crippen LogP contribution is 3.02. The van der Waals surface area contributed by atoms with Gasteiger partial charge in [0.15, 0.2) is 12.2 Å². The van der Waals surface area contributed by atoms with Gasteiger partial charge in [0.05, 0.1) is 23.0 Å². The Morgan fingerprint density at radius 1 is 1.20 bits per heavy atom. The van der Waals surface area contributed by atoms with Gasteiger partial charge in [0.1, 0.15) is 10.9 Å². The fourth-order valence-electron chi connectivity index (χ4n) is 4.94. The Balaban J connectivity index is 1.77. The first kappa shape index (κ1) is 30.8. The summed E-state index contributed by atoms with van der Waals surface area (Å²) in [6.45, 7) is 0.0219. The molecular formula is C24H26F7N5O3S2. The fraction of sp³-hybridized carbons (Fsp3) is 0.500. The Morgan fingerprint density at radius 2 is 1.83 bits per heavy atom. The number of benzene rings is 1. The number of carbonyl (C=O) groups is 2. The summed E-state index contributed by atoms with van der Waals surface area (Å²) in [6, 6.07) is -1.90. The van der Waals surface area contributed by atoms with Gasteiger partial charge in [-0.15, -0.1) is 11.3 Å². The molecule has 1 N–H and O–H groups in total. The normalized spacial score (nSPS) is 23.6. The summed E-state index contributed by atoms with van der Waals surface area (Å²) in [5.74, 6) is -4.60. The molecule has 0 radical (unpaired) electrons. The standard InChI is InChI=1S/C24H26F7N5O3S2/c1-39-17-10-19(35(12-17)13-32)23(38)36(16-2-4-18(5-3-16)41(27,28,29,30)31)21(20-11-33-14-40-20)22(37)34-15-6-8-24(25,26)9-7-15/h2-5,11,14-15,17,19,21H,6-10,12H2,1H3,(H,34,37). The number of ether oxygens (including phenoxy) is 1. The summed E-state index contributed by atoms with van der Waals surface area (Å²) in [7, 11) is -8.69. The van der Waals surface area contributed by atoms with E-state index in [9.17, 15) is 43.1 Å². The number of halogens is 7. The maximum atomic E-state index is 14.0. The minimum Gasteiger partial charge on any atom is -0.379 e. The summed E-state index contributed by atoms with van der Waals surface area (Å²) < 4.78 is 99.8. The zero-order valence-electron chi connectivity index (χ0n) is 21.5. The van der Waals surface area contributed by atoms with E-state index in [1.807, 2.05) is 6.19 Å². The molecule has 226 valence electrons. The number of nitriles is 1. The summed E-state index contributed by atoms with van der Waals surface area (Å²) in [6.07, 6.45) is 1.50. The highest BCUT2D eigenvalue weighted by molar-refractivity contribution is 8.45. The van der Waals surface area contributed by atoms with Crippen molar-refractivity contribution < 1.29 is 42.5 Å². The smallest absolute Gasteiger partial charge is 0.310 e.